The van der Waals surface area contributed by atoms with E-state index in [1.165, 1.54) is 0 Å². The van der Waals surface area contributed by atoms with Gasteiger partial charge in [-0.1, -0.05) is 23.7 Å². The number of Topliss-reactive ketones (excluding diaryl/α,β-unsaturated/α-hetero) is 1. The highest BCUT2D eigenvalue weighted by atomic mass is 35.5. The van der Waals surface area contributed by atoms with Crippen molar-refractivity contribution in [3.05, 3.63) is 64.4 Å². The van der Waals surface area contributed by atoms with Gasteiger partial charge in [0.1, 0.15) is 5.69 Å². The van der Waals surface area contributed by atoms with Gasteiger partial charge in [0.25, 0.3) is 0 Å². The molecule has 0 spiro atoms. The number of carbonyl (C=O) groups excluding carboxylic acids is 1. The summed E-state index contributed by atoms with van der Waals surface area (Å²) in [6.45, 7) is 0. The Morgan fingerprint density at radius 2 is 1.95 bits per heavy atom. The highest BCUT2D eigenvalue weighted by Gasteiger charge is 2.30. The summed E-state index contributed by atoms with van der Waals surface area (Å²) >= 11 is 5.79. The van der Waals surface area contributed by atoms with Gasteiger partial charge in [-0.05, 0) is 29.8 Å². The third-order valence-electron chi connectivity index (χ3n) is 2.63. The van der Waals surface area contributed by atoms with E-state index in [0.29, 0.717) is 16.8 Å². The van der Waals surface area contributed by atoms with Gasteiger partial charge >= 0.3 is 6.18 Å². The first-order valence-corrected chi connectivity index (χ1v) is 6.05. The summed E-state index contributed by atoms with van der Waals surface area (Å²) in [6, 6.07) is 8.64. The van der Waals surface area contributed by atoms with Gasteiger partial charge in [0.15, 0.2) is 5.78 Å². The summed E-state index contributed by atoms with van der Waals surface area (Å²) in [5, 5.41) is 0.496. The predicted molar refractivity (Wildman–Crippen MR) is 68.7 cm³/mol. The van der Waals surface area contributed by atoms with Crippen molar-refractivity contribution in [2.45, 2.75) is 12.6 Å². The van der Waals surface area contributed by atoms with Crippen LogP contribution in [0.15, 0.2) is 42.6 Å². The van der Waals surface area contributed by atoms with Gasteiger partial charge in [-0.15, -0.1) is 0 Å². The monoisotopic (exact) mass is 299 g/mol. The molecule has 0 aliphatic rings. The fraction of sp³-hybridized carbons (Fsp3) is 0.143. The van der Waals surface area contributed by atoms with Crippen molar-refractivity contribution in [2.75, 3.05) is 0 Å². The van der Waals surface area contributed by atoms with Crippen LogP contribution in [-0.2, 0) is 12.6 Å². The van der Waals surface area contributed by atoms with Gasteiger partial charge in [0.2, 0.25) is 0 Å². The molecule has 0 radical (unpaired) electrons. The first-order chi connectivity index (χ1) is 9.36. The summed E-state index contributed by atoms with van der Waals surface area (Å²) in [5.41, 5.74) is -0.195. The number of halogens is 4. The van der Waals surface area contributed by atoms with Crippen molar-refractivity contribution in [1.82, 2.24) is 4.98 Å². The van der Waals surface area contributed by atoms with Gasteiger partial charge in [0.05, 0.1) is 5.56 Å². The number of carbonyl (C=O) groups is 1. The second kappa shape index (κ2) is 5.63. The van der Waals surface area contributed by atoms with Crippen LogP contribution >= 0.6 is 11.6 Å². The van der Waals surface area contributed by atoms with Gasteiger partial charge < -0.3 is 0 Å². The van der Waals surface area contributed by atoms with Crippen molar-refractivity contribution < 1.29 is 18.0 Å². The third-order valence-corrected chi connectivity index (χ3v) is 2.87. The summed E-state index contributed by atoms with van der Waals surface area (Å²) in [6.07, 6.45) is -3.76. The number of alkyl halides is 3. The predicted octanol–water partition coefficient (Wildman–Crippen LogP) is 4.18. The van der Waals surface area contributed by atoms with Crippen molar-refractivity contribution in [3.8, 4) is 0 Å². The van der Waals surface area contributed by atoms with E-state index in [0.717, 1.165) is 12.1 Å². The Hall–Kier alpha value is -1.88. The molecule has 1 aromatic heterocycles. The molecule has 104 valence electrons. The molecule has 0 fully saturated rings. The van der Waals surface area contributed by atoms with E-state index in [-0.39, 0.29) is 17.9 Å². The van der Waals surface area contributed by atoms with Crippen LogP contribution in [0.3, 0.4) is 0 Å². The lowest BCUT2D eigenvalue weighted by atomic mass is 10.1. The minimum Gasteiger partial charge on any atom is -0.292 e. The summed E-state index contributed by atoms with van der Waals surface area (Å²) < 4.78 is 37.1. The molecule has 0 atom stereocenters. The molecule has 0 unspecified atom stereocenters. The van der Waals surface area contributed by atoms with Gasteiger partial charge in [0, 0.05) is 17.6 Å². The average molecular weight is 300 g/mol. The van der Waals surface area contributed by atoms with Crippen molar-refractivity contribution >= 4 is 17.4 Å². The number of ketones is 1. The quantitative estimate of drug-likeness (QED) is 0.796. The first-order valence-electron chi connectivity index (χ1n) is 5.67. The molecule has 0 bridgehead atoms. The Kier molecular flexibility index (Phi) is 4.09. The molecule has 0 saturated carbocycles. The Bertz CT molecular complexity index is 623. The normalized spacial score (nSPS) is 11.4. The number of rotatable bonds is 3. The number of aromatic nitrogens is 1. The van der Waals surface area contributed by atoms with E-state index >= 15 is 0 Å². The number of pyridine rings is 1. The van der Waals surface area contributed by atoms with E-state index in [1.807, 2.05) is 0 Å². The average Bonchev–Trinajstić information content (AvgIpc) is 2.38. The molecular weight excluding hydrogens is 291 g/mol. The van der Waals surface area contributed by atoms with Crippen molar-refractivity contribution in [3.63, 3.8) is 0 Å². The van der Waals surface area contributed by atoms with Crippen LogP contribution in [0.2, 0.25) is 5.02 Å². The van der Waals surface area contributed by atoms with Crippen LogP contribution in [0.1, 0.15) is 21.6 Å². The highest BCUT2D eigenvalue weighted by Crippen LogP contribution is 2.28. The van der Waals surface area contributed by atoms with E-state index in [2.05, 4.69) is 4.98 Å². The zero-order valence-electron chi connectivity index (χ0n) is 10.1. The highest BCUT2D eigenvalue weighted by molar-refractivity contribution is 6.30. The molecule has 2 aromatic rings. The van der Waals surface area contributed by atoms with Crippen LogP contribution in [0.5, 0.6) is 0 Å². The first kappa shape index (κ1) is 14.5. The van der Waals surface area contributed by atoms with Gasteiger partial charge in [-0.25, -0.2) is 0 Å². The second-order valence-corrected chi connectivity index (χ2v) is 4.60. The lowest BCUT2D eigenvalue weighted by Gasteiger charge is -2.06. The van der Waals surface area contributed by atoms with Crippen molar-refractivity contribution in [2.24, 2.45) is 0 Å². The Balaban J connectivity index is 2.14. The smallest absolute Gasteiger partial charge is 0.292 e. The molecule has 1 heterocycles. The standard InChI is InChI=1S/C14H9ClF3NO/c15-11-3-1-2-9(6-11)7-13(20)12-5-4-10(8-19-12)14(16,17)18/h1-6,8H,7H2. The third kappa shape index (κ3) is 3.57. The number of nitrogens with zero attached hydrogens (tertiary/aromatic N) is 1. The molecule has 0 N–H and O–H groups in total. The summed E-state index contributed by atoms with van der Waals surface area (Å²) in [7, 11) is 0. The molecule has 0 saturated heterocycles. The summed E-state index contributed by atoms with van der Waals surface area (Å²) in [5.74, 6) is -0.360. The molecule has 2 nitrogen and oxygen atoms in total. The van der Waals surface area contributed by atoms with Crippen LogP contribution in [-0.4, -0.2) is 10.8 Å². The largest absolute Gasteiger partial charge is 0.417 e. The molecule has 20 heavy (non-hydrogen) atoms. The molecule has 2 rings (SSSR count). The maximum atomic E-state index is 12.4. The topological polar surface area (TPSA) is 30.0 Å². The zero-order valence-corrected chi connectivity index (χ0v) is 10.9. The second-order valence-electron chi connectivity index (χ2n) is 4.16. The minimum atomic E-state index is -4.46. The molecule has 0 aliphatic carbocycles. The molecule has 0 aliphatic heterocycles. The fourth-order valence-corrected chi connectivity index (χ4v) is 1.86. The van der Waals surface area contributed by atoms with E-state index < -0.39 is 11.7 Å². The molecular formula is C14H9ClF3NO. The molecule has 0 amide bonds. The molecule has 6 heteroatoms. The summed E-state index contributed by atoms with van der Waals surface area (Å²) in [4.78, 5) is 15.5. The Labute approximate surface area is 118 Å². The van der Waals surface area contributed by atoms with E-state index in [4.69, 9.17) is 11.6 Å². The lowest BCUT2D eigenvalue weighted by Crippen LogP contribution is -2.09. The maximum Gasteiger partial charge on any atom is 0.417 e. The van der Waals surface area contributed by atoms with E-state index in [9.17, 15) is 18.0 Å². The maximum absolute atomic E-state index is 12.4. The SMILES string of the molecule is O=C(Cc1cccc(Cl)c1)c1ccc(C(F)(F)F)cn1. The van der Waals surface area contributed by atoms with Crippen LogP contribution in [0.4, 0.5) is 13.2 Å². The number of hydrogen-bond acceptors (Lipinski definition) is 2. The number of benzene rings is 1. The van der Waals surface area contributed by atoms with Crippen LogP contribution in [0, 0.1) is 0 Å². The van der Waals surface area contributed by atoms with Crippen LogP contribution < -0.4 is 0 Å². The molecule has 1 aromatic carbocycles. The van der Waals surface area contributed by atoms with E-state index in [1.54, 1.807) is 24.3 Å². The Morgan fingerprint density at radius 1 is 1.20 bits per heavy atom. The zero-order chi connectivity index (χ0) is 14.8. The van der Waals surface area contributed by atoms with Gasteiger partial charge in [-0.2, -0.15) is 13.2 Å². The van der Waals surface area contributed by atoms with Crippen LogP contribution in [0.25, 0.3) is 0 Å². The number of hydrogen-bond donors (Lipinski definition) is 0. The lowest BCUT2D eigenvalue weighted by molar-refractivity contribution is -0.137. The van der Waals surface area contributed by atoms with Crippen molar-refractivity contribution in [1.29, 1.82) is 0 Å². The van der Waals surface area contributed by atoms with Gasteiger partial charge in [-0.3, -0.25) is 9.78 Å². The fourth-order valence-electron chi connectivity index (χ4n) is 1.65. The Morgan fingerprint density at radius 3 is 2.50 bits per heavy atom. The minimum absolute atomic E-state index is 0.00187.